The summed E-state index contributed by atoms with van der Waals surface area (Å²) in [4.78, 5) is 8.63. The van der Waals surface area contributed by atoms with Gasteiger partial charge in [0, 0.05) is 42.8 Å². The van der Waals surface area contributed by atoms with Crippen LogP contribution in [0.25, 0.3) is 10.9 Å². The van der Waals surface area contributed by atoms with Gasteiger partial charge < -0.3 is 14.9 Å². The first kappa shape index (κ1) is 12.4. The first-order valence-corrected chi connectivity index (χ1v) is 6.64. The van der Waals surface area contributed by atoms with E-state index >= 15 is 0 Å². The zero-order valence-electron chi connectivity index (χ0n) is 11.4. The maximum atomic E-state index is 9.40. The highest BCUT2D eigenvalue weighted by Crippen LogP contribution is 2.27. The van der Waals surface area contributed by atoms with Crippen LogP contribution in [0.1, 0.15) is 11.3 Å². The molecule has 3 rings (SSSR count). The number of H-pyrrole nitrogens is 2. The van der Waals surface area contributed by atoms with Gasteiger partial charge in [-0.05, 0) is 18.2 Å². The molecule has 0 amide bonds. The lowest BCUT2D eigenvalue weighted by atomic mass is 10.2. The Balaban J connectivity index is 1.87. The zero-order valence-corrected chi connectivity index (χ0v) is 11.4. The number of anilines is 1. The molecule has 2 aromatic heterocycles. The highest BCUT2D eigenvalue weighted by Gasteiger charge is 2.14. The Bertz CT molecular complexity index is 746. The number of hydrogen-bond acceptors (Lipinski definition) is 2. The number of aromatic amines is 2. The summed E-state index contributed by atoms with van der Waals surface area (Å²) in [6, 6.07) is 14.3. The van der Waals surface area contributed by atoms with Crippen molar-refractivity contribution in [2.24, 2.45) is 0 Å². The Morgan fingerprint density at radius 2 is 2.05 bits per heavy atom. The van der Waals surface area contributed by atoms with Crippen molar-refractivity contribution in [3.63, 3.8) is 0 Å². The second-order valence-corrected chi connectivity index (χ2v) is 4.87. The number of nitrogens with one attached hydrogen (secondary N) is 2. The van der Waals surface area contributed by atoms with E-state index in [0.717, 1.165) is 35.2 Å². The quantitative estimate of drug-likeness (QED) is 0.761. The fourth-order valence-electron chi connectivity index (χ4n) is 2.45. The van der Waals surface area contributed by atoms with Gasteiger partial charge in [-0.25, -0.2) is 0 Å². The molecule has 20 heavy (non-hydrogen) atoms. The summed E-state index contributed by atoms with van der Waals surface area (Å²) in [6.07, 6.45) is 2.85. The topological polar surface area (TPSA) is 58.6 Å². The Kier molecular flexibility index (Phi) is 3.18. The first-order valence-electron chi connectivity index (χ1n) is 6.64. The number of hydrogen-bond donors (Lipinski definition) is 2. The number of fused-ring (bicyclic) bond motifs is 1. The van der Waals surface area contributed by atoms with E-state index in [-0.39, 0.29) is 0 Å². The average molecular weight is 264 g/mol. The molecule has 0 saturated carbocycles. The molecule has 0 aliphatic rings. The number of para-hydroxylation sites is 1. The van der Waals surface area contributed by atoms with Crippen LogP contribution in [-0.4, -0.2) is 23.6 Å². The molecule has 0 radical (unpaired) electrons. The summed E-state index contributed by atoms with van der Waals surface area (Å²) in [7, 11) is 2.01. The van der Waals surface area contributed by atoms with E-state index in [1.165, 1.54) is 5.69 Å². The van der Waals surface area contributed by atoms with Gasteiger partial charge in [0.15, 0.2) is 0 Å². The lowest BCUT2D eigenvalue weighted by molar-refractivity contribution is 0.848. The van der Waals surface area contributed by atoms with Gasteiger partial charge in [0.05, 0.1) is 0 Å². The standard InChI is InChI=1S/C16H16N4/c1-20(10-8-12-5-4-9-18-12)16-14(11-17)13-6-2-3-7-15(13)19-16/h2-7,9,18-19H,8,10H2,1H3. The summed E-state index contributed by atoms with van der Waals surface area (Å²) >= 11 is 0. The van der Waals surface area contributed by atoms with Crippen LogP contribution in [0.3, 0.4) is 0 Å². The van der Waals surface area contributed by atoms with E-state index in [4.69, 9.17) is 0 Å². The van der Waals surface area contributed by atoms with Crippen molar-refractivity contribution in [2.75, 3.05) is 18.5 Å². The maximum absolute atomic E-state index is 9.40. The Hall–Kier alpha value is -2.67. The molecule has 0 bridgehead atoms. The van der Waals surface area contributed by atoms with Crippen molar-refractivity contribution in [2.45, 2.75) is 6.42 Å². The van der Waals surface area contributed by atoms with Gasteiger partial charge in [-0.2, -0.15) is 5.26 Å². The van der Waals surface area contributed by atoms with E-state index in [1.807, 2.05) is 43.6 Å². The van der Waals surface area contributed by atoms with Gasteiger partial charge in [0.25, 0.3) is 0 Å². The Morgan fingerprint density at radius 3 is 2.80 bits per heavy atom. The van der Waals surface area contributed by atoms with Crippen LogP contribution in [-0.2, 0) is 6.42 Å². The summed E-state index contributed by atoms with van der Waals surface area (Å²) in [6.45, 7) is 0.849. The van der Waals surface area contributed by atoms with Gasteiger partial charge in [0.2, 0.25) is 0 Å². The number of nitriles is 1. The summed E-state index contributed by atoms with van der Waals surface area (Å²) < 4.78 is 0. The Morgan fingerprint density at radius 1 is 1.20 bits per heavy atom. The molecule has 100 valence electrons. The molecule has 0 aliphatic carbocycles. The predicted molar refractivity (Wildman–Crippen MR) is 80.8 cm³/mol. The SMILES string of the molecule is CN(CCc1ccc[nH]1)c1[nH]c2ccccc2c1C#N. The van der Waals surface area contributed by atoms with Crippen LogP contribution in [0.15, 0.2) is 42.6 Å². The second-order valence-electron chi connectivity index (χ2n) is 4.87. The molecular formula is C16H16N4. The summed E-state index contributed by atoms with van der Waals surface area (Å²) in [5.74, 6) is 0.889. The highest BCUT2D eigenvalue weighted by atomic mass is 15.2. The van der Waals surface area contributed by atoms with Crippen molar-refractivity contribution in [1.82, 2.24) is 9.97 Å². The third-order valence-electron chi connectivity index (χ3n) is 3.56. The second kappa shape index (κ2) is 5.14. The molecule has 0 fully saturated rings. The van der Waals surface area contributed by atoms with Crippen molar-refractivity contribution in [1.29, 1.82) is 5.26 Å². The number of likely N-dealkylation sites (N-methyl/N-ethyl adjacent to an activating group) is 1. The number of benzene rings is 1. The molecule has 0 aliphatic heterocycles. The van der Waals surface area contributed by atoms with Crippen molar-refractivity contribution in [3.8, 4) is 6.07 Å². The van der Waals surface area contributed by atoms with Crippen LogP contribution in [0, 0.1) is 11.3 Å². The summed E-state index contributed by atoms with van der Waals surface area (Å²) in [5.41, 5.74) is 2.92. The molecule has 3 aromatic rings. The number of rotatable bonds is 4. The molecule has 2 N–H and O–H groups in total. The lowest BCUT2D eigenvalue weighted by Crippen LogP contribution is -2.21. The van der Waals surface area contributed by atoms with Crippen molar-refractivity contribution in [3.05, 3.63) is 53.9 Å². The molecule has 4 nitrogen and oxygen atoms in total. The van der Waals surface area contributed by atoms with Crippen LogP contribution in [0.2, 0.25) is 0 Å². The number of aromatic nitrogens is 2. The van der Waals surface area contributed by atoms with Gasteiger partial charge >= 0.3 is 0 Å². The highest BCUT2D eigenvalue weighted by molar-refractivity contribution is 5.91. The smallest absolute Gasteiger partial charge is 0.124 e. The van der Waals surface area contributed by atoms with Gasteiger partial charge in [0.1, 0.15) is 17.5 Å². The molecule has 4 heteroatoms. The van der Waals surface area contributed by atoms with Crippen molar-refractivity contribution >= 4 is 16.7 Å². The minimum Gasteiger partial charge on any atom is -0.365 e. The first-order chi connectivity index (χ1) is 9.79. The predicted octanol–water partition coefficient (Wildman–Crippen LogP) is 3.05. The van der Waals surface area contributed by atoms with E-state index < -0.39 is 0 Å². The lowest BCUT2D eigenvalue weighted by Gasteiger charge is -2.17. The van der Waals surface area contributed by atoms with E-state index in [2.05, 4.69) is 27.0 Å². The molecular weight excluding hydrogens is 248 g/mol. The molecule has 0 unspecified atom stereocenters. The largest absolute Gasteiger partial charge is 0.365 e. The average Bonchev–Trinajstić information content (AvgIpc) is 3.11. The molecule has 0 spiro atoms. The van der Waals surface area contributed by atoms with Crippen LogP contribution < -0.4 is 4.90 Å². The van der Waals surface area contributed by atoms with Crippen LogP contribution in [0.5, 0.6) is 0 Å². The zero-order chi connectivity index (χ0) is 13.9. The molecule has 0 saturated heterocycles. The minimum absolute atomic E-state index is 0.717. The monoisotopic (exact) mass is 264 g/mol. The molecule has 0 atom stereocenters. The van der Waals surface area contributed by atoms with Crippen LogP contribution >= 0.6 is 0 Å². The fraction of sp³-hybridized carbons (Fsp3) is 0.188. The van der Waals surface area contributed by atoms with E-state index in [9.17, 15) is 5.26 Å². The minimum atomic E-state index is 0.717. The van der Waals surface area contributed by atoms with E-state index in [0.29, 0.717) is 0 Å². The third kappa shape index (κ3) is 2.14. The Labute approximate surface area is 117 Å². The van der Waals surface area contributed by atoms with Gasteiger partial charge in [-0.1, -0.05) is 18.2 Å². The normalized spacial score (nSPS) is 10.6. The third-order valence-corrected chi connectivity index (χ3v) is 3.56. The van der Waals surface area contributed by atoms with Crippen molar-refractivity contribution < 1.29 is 0 Å². The molecule has 2 heterocycles. The maximum Gasteiger partial charge on any atom is 0.124 e. The fourth-order valence-corrected chi connectivity index (χ4v) is 2.45. The van der Waals surface area contributed by atoms with Gasteiger partial charge in [-0.15, -0.1) is 0 Å². The van der Waals surface area contributed by atoms with Gasteiger partial charge in [-0.3, -0.25) is 0 Å². The van der Waals surface area contributed by atoms with Crippen LogP contribution in [0.4, 0.5) is 5.82 Å². The summed E-state index contributed by atoms with van der Waals surface area (Å²) in [5, 5.41) is 10.4. The van der Waals surface area contributed by atoms with E-state index in [1.54, 1.807) is 0 Å². The number of nitrogens with zero attached hydrogens (tertiary/aromatic N) is 2. The molecule has 1 aromatic carbocycles.